The molecule has 6 nitrogen and oxygen atoms in total. The van der Waals surface area contributed by atoms with Gasteiger partial charge in [0.15, 0.2) is 6.10 Å². The Bertz CT molecular complexity index is 1410. The zero-order chi connectivity index (χ0) is 59.2. The van der Waals surface area contributed by atoms with Gasteiger partial charge >= 0.3 is 17.9 Å². The molecule has 1 unspecified atom stereocenters. The van der Waals surface area contributed by atoms with E-state index in [1.165, 1.54) is 276 Å². The van der Waals surface area contributed by atoms with Crippen molar-refractivity contribution in [3.05, 3.63) is 48.6 Å². The third-order valence-electron chi connectivity index (χ3n) is 16.6. The first-order valence-corrected chi connectivity index (χ1v) is 36.6. The fraction of sp³-hybridized carbons (Fsp3) is 0.855. The van der Waals surface area contributed by atoms with Gasteiger partial charge in [0.05, 0.1) is 0 Å². The van der Waals surface area contributed by atoms with Gasteiger partial charge in [-0.1, -0.05) is 371 Å². The van der Waals surface area contributed by atoms with E-state index < -0.39 is 6.10 Å². The average Bonchev–Trinajstić information content (AvgIpc) is 3.47. The van der Waals surface area contributed by atoms with Crippen molar-refractivity contribution in [3.63, 3.8) is 0 Å². The summed E-state index contributed by atoms with van der Waals surface area (Å²) in [4.78, 5) is 38.5. The van der Waals surface area contributed by atoms with Gasteiger partial charge in [-0.15, -0.1) is 0 Å². The van der Waals surface area contributed by atoms with Crippen molar-refractivity contribution in [3.8, 4) is 0 Å². The molecule has 0 N–H and O–H groups in total. The van der Waals surface area contributed by atoms with Gasteiger partial charge in [-0.25, -0.2) is 0 Å². The molecule has 1 atom stereocenters. The third kappa shape index (κ3) is 68.2. The minimum atomic E-state index is -0.772. The number of ether oxygens (including phenoxy) is 3. The summed E-state index contributed by atoms with van der Waals surface area (Å²) in [6, 6.07) is 0. The van der Waals surface area contributed by atoms with Crippen LogP contribution < -0.4 is 0 Å². The van der Waals surface area contributed by atoms with Crippen molar-refractivity contribution in [1.29, 1.82) is 0 Å². The van der Waals surface area contributed by atoms with Gasteiger partial charge in [0.25, 0.3) is 0 Å². The lowest BCUT2D eigenvalue weighted by Crippen LogP contribution is -2.30. The van der Waals surface area contributed by atoms with Crippen LogP contribution in [0.4, 0.5) is 0 Å². The molecule has 0 aliphatic rings. The Hall–Kier alpha value is -2.63. The molecule has 0 bridgehead atoms. The first-order chi connectivity index (χ1) is 40.5. The van der Waals surface area contributed by atoms with E-state index in [0.717, 1.165) is 83.5 Å². The normalized spacial score (nSPS) is 12.3. The monoisotopic (exact) mass is 1150 g/mol. The van der Waals surface area contributed by atoms with Crippen LogP contribution in [-0.4, -0.2) is 37.2 Å². The molecule has 0 amide bonds. The zero-order valence-electron chi connectivity index (χ0n) is 55.3. The van der Waals surface area contributed by atoms with Crippen LogP contribution in [0.15, 0.2) is 48.6 Å². The molecule has 82 heavy (non-hydrogen) atoms. The number of carbonyl (C=O) groups is 3. The van der Waals surface area contributed by atoms with E-state index in [1.807, 2.05) is 0 Å². The molecular formula is C76H140O6. The summed E-state index contributed by atoms with van der Waals surface area (Å²) in [7, 11) is 0. The minimum absolute atomic E-state index is 0.0666. The summed E-state index contributed by atoms with van der Waals surface area (Å²) in [6.07, 6.45) is 90.0. The summed E-state index contributed by atoms with van der Waals surface area (Å²) < 4.78 is 17.0. The summed E-state index contributed by atoms with van der Waals surface area (Å²) in [6.45, 7) is 6.62. The highest BCUT2D eigenvalue weighted by Gasteiger charge is 2.19. The Morgan fingerprint density at radius 1 is 0.256 bits per heavy atom. The molecule has 0 heterocycles. The second-order valence-corrected chi connectivity index (χ2v) is 24.8. The average molecular weight is 1150 g/mol. The van der Waals surface area contributed by atoms with Crippen LogP contribution in [0, 0.1) is 0 Å². The Morgan fingerprint density at radius 3 is 0.744 bits per heavy atom. The van der Waals surface area contributed by atoms with Crippen molar-refractivity contribution in [1.82, 2.24) is 0 Å². The quantitative estimate of drug-likeness (QED) is 0.0261. The maximum atomic E-state index is 13.0. The molecule has 0 saturated heterocycles. The molecular weight excluding hydrogens is 1010 g/mol. The third-order valence-corrected chi connectivity index (χ3v) is 16.6. The lowest BCUT2D eigenvalue weighted by Gasteiger charge is -2.18. The summed E-state index contributed by atoms with van der Waals surface area (Å²) in [5.74, 6) is -0.835. The van der Waals surface area contributed by atoms with Crippen LogP contribution in [0.3, 0.4) is 0 Å². The van der Waals surface area contributed by atoms with Crippen LogP contribution in [0.2, 0.25) is 0 Å². The highest BCUT2D eigenvalue weighted by atomic mass is 16.6. The summed E-state index contributed by atoms with van der Waals surface area (Å²) >= 11 is 0. The van der Waals surface area contributed by atoms with Crippen LogP contribution >= 0.6 is 0 Å². The van der Waals surface area contributed by atoms with E-state index >= 15 is 0 Å². The molecule has 0 spiro atoms. The molecule has 0 aliphatic heterocycles. The van der Waals surface area contributed by atoms with Crippen molar-refractivity contribution in [2.24, 2.45) is 0 Å². The topological polar surface area (TPSA) is 78.9 Å². The maximum absolute atomic E-state index is 13.0. The van der Waals surface area contributed by atoms with Crippen LogP contribution in [0.25, 0.3) is 0 Å². The van der Waals surface area contributed by atoms with Crippen molar-refractivity contribution >= 4 is 17.9 Å². The number of carbonyl (C=O) groups excluding carboxylic acids is 3. The van der Waals surface area contributed by atoms with Crippen molar-refractivity contribution in [2.75, 3.05) is 13.2 Å². The molecule has 0 radical (unpaired) electrons. The summed E-state index contributed by atoms with van der Waals surface area (Å²) in [5, 5.41) is 0. The smallest absolute Gasteiger partial charge is 0.306 e. The molecule has 0 aliphatic carbocycles. The predicted octanol–water partition coefficient (Wildman–Crippen LogP) is 25.3. The van der Waals surface area contributed by atoms with E-state index in [1.54, 1.807) is 0 Å². The van der Waals surface area contributed by atoms with Crippen LogP contribution in [0.5, 0.6) is 0 Å². The van der Waals surface area contributed by atoms with Crippen LogP contribution in [0.1, 0.15) is 400 Å². The van der Waals surface area contributed by atoms with Gasteiger partial charge in [-0.2, -0.15) is 0 Å². The van der Waals surface area contributed by atoms with Gasteiger partial charge in [0, 0.05) is 19.3 Å². The molecule has 0 aromatic heterocycles. The highest BCUT2D eigenvalue weighted by Crippen LogP contribution is 2.19. The predicted molar refractivity (Wildman–Crippen MR) is 358 cm³/mol. The number of hydrogen-bond acceptors (Lipinski definition) is 6. The standard InChI is InChI=1S/C76H140O6/c1-4-7-10-13-16-19-22-25-28-31-34-36-37-38-39-41-42-45-48-51-54-57-60-63-66-69-75(78)81-72-73(71-80-74(77)68-65-62-59-56-53-50-47-44-33-30-27-24-21-18-15-12-9-6-3)82-76(79)70-67-64-61-58-55-52-49-46-43-40-35-32-29-26-23-20-17-14-11-8-5-2/h7,10,16,19,25,28,34,36,73H,4-6,8-9,11-15,17-18,20-24,26-27,29-33,35,37-72H2,1-3H3/b10-7-,19-16-,28-25-,36-34-. The fourth-order valence-corrected chi connectivity index (χ4v) is 11.1. The van der Waals surface area contributed by atoms with E-state index in [-0.39, 0.29) is 31.1 Å². The lowest BCUT2D eigenvalue weighted by atomic mass is 10.0. The van der Waals surface area contributed by atoms with E-state index in [4.69, 9.17) is 14.2 Å². The summed E-state index contributed by atoms with van der Waals surface area (Å²) in [5.41, 5.74) is 0. The minimum Gasteiger partial charge on any atom is -0.462 e. The molecule has 0 rings (SSSR count). The number of unbranched alkanes of at least 4 members (excludes halogenated alkanes) is 49. The van der Waals surface area contributed by atoms with E-state index in [2.05, 4.69) is 69.4 Å². The first-order valence-electron chi connectivity index (χ1n) is 36.6. The van der Waals surface area contributed by atoms with Gasteiger partial charge in [0.2, 0.25) is 0 Å². The second kappa shape index (κ2) is 70.9. The first kappa shape index (κ1) is 79.4. The number of hydrogen-bond donors (Lipinski definition) is 0. The van der Waals surface area contributed by atoms with Gasteiger partial charge < -0.3 is 14.2 Å². The zero-order valence-corrected chi connectivity index (χ0v) is 55.3. The molecule has 0 aromatic rings. The number of allylic oxidation sites excluding steroid dienone is 8. The van der Waals surface area contributed by atoms with E-state index in [9.17, 15) is 14.4 Å². The molecule has 0 fully saturated rings. The SMILES string of the molecule is CC/C=C\C/C=C\C/C=C\C/C=C\CCCCCCCCCCCCCCC(=O)OCC(COC(=O)CCCCCCCCCCCCCCCCCCCC)OC(=O)CCCCCCCCCCCCCCCCCCCCCCC. The Labute approximate surface area is 511 Å². The molecule has 0 aromatic carbocycles. The number of esters is 3. The van der Waals surface area contributed by atoms with Gasteiger partial charge in [-0.3, -0.25) is 14.4 Å². The Kier molecular flexibility index (Phi) is 68.6. The highest BCUT2D eigenvalue weighted by molar-refractivity contribution is 5.71. The van der Waals surface area contributed by atoms with Gasteiger partial charge in [0.1, 0.15) is 13.2 Å². The fourth-order valence-electron chi connectivity index (χ4n) is 11.1. The molecule has 6 heteroatoms. The largest absolute Gasteiger partial charge is 0.462 e. The maximum Gasteiger partial charge on any atom is 0.306 e. The van der Waals surface area contributed by atoms with Gasteiger partial charge in [-0.05, 0) is 57.8 Å². The second-order valence-electron chi connectivity index (χ2n) is 24.8. The van der Waals surface area contributed by atoms with Crippen LogP contribution in [-0.2, 0) is 28.6 Å². The van der Waals surface area contributed by atoms with Crippen molar-refractivity contribution in [2.45, 2.75) is 406 Å². The molecule has 480 valence electrons. The number of rotatable bonds is 68. The molecule has 0 saturated carbocycles. The van der Waals surface area contributed by atoms with Crippen molar-refractivity contribution < 1.29 is 28.6 Å². The Morgan fingerprint density at radius 2 is 0.476 bits per heavy atom. The Balaban J connectivity index is 4.29. The van der Waals surface area contributed by atoms with E-state index in [0.29, 0.717) is 19.3 Å². The lowest BCUT2D eigenvalue weighted by molar-refractivity contribution is -0.167.